The lowest BCUT2D eigenvalue weighted by atomic mass is 10.1. The number of aryl methyl sites for hydroxylation is 3. The summed E-state index contributed by atoms with van der Waals surface area (Å²) in [6.45, 7) is 6.65. The molecule has 4 rings (SSSR count). The van der Waals surface area contributed by atoms with Gasteiger partial charge in [0.1, 0.15) is 0 Å². The quantitative estimate of drug-likeness (QED) is 0.742. The van der Waals surface area contributed by atoms with E-state index in [2.05, 4.69) is 33.4 Å². The van der Waals surface area contributed by atoms with Crippen LogP contribution in [0.3, 0.4) is 0 Å². The van der Waals surface area contributed by atoms with E-state index in [9.17, 15) is 4.79 Å². The Morgan fingerprint density at radius 3 is 2.80 bits per heavy atom. The summed E-state index contributed by atoms with van der Waals surface area (Å²) in [7, 11) is 0. The Hall–Kier alpha value is -2.19. The highest BCUT2D eigenvalue weighted by molar-refractivity contribution is 8.14. The van der Waals surface area contributed by atoms with E-state index in [1.165, 1.54) is 4.88 Å². The molecule has 0 unspecified atom stereocenters. The van der Waals surface area contributed by atoms with Crippen molar-refractivity contribution >= 4 is 45.3 Å². The Morgan fingerprint density at radius 2 is 2.12 bits per heavy atom. The number of hydrogen-bond acceptors (Lipinski definition) is 7. The Kier molecular flexibility index (Phi) is 4.09. The molecule has 0 saturated carbocycles. The zero-order valence-corrected chi connectivity index (χ0v) is 15.7. The van der Waals surface area contributed by atoms with E-state index in [1.807, 2.05) is 19.9 Å². The molecule has 0 radical (unpaired) electrons. The Bertz CT molecular complexity index is 1020. The Morgan fingerprint density at radius 1 is 1.28 bits per heavy atom. The molecule has 3 aromatic heterocycles. The number of aliphatic imine (C=N–C) groups is 1. The van der Waals surface area contributed by atoms with Crippen molar-refractivity contribution in [3.63, 3.8) is 0 Å². The van der Waals surface area contributed by atoms with Gasteiger partial charge in [-0.2, -0.15) is 0 Å². The summed E-state index contributed by atoms with van der Waals surface area (Å²) in [5, 5.41) is 8.17. The molecule has 0 spiro atoms. The van der Waals surface area contributed by atoms with Crippen molar-refractivity contribution in [3.05, 3.63) is 33.1 Å². The molecule has 1 aliphatic heterocycles. The smallest absolute Gasteiger partial charge is 0.259 e. The summed E-state index contributed by atoms with van der Waals surface area (Å²) in [6.07, 6.45) is 0. The third-order valence-electron chi connectivity index (χ3n) is 3.98. The first-order valence-corrected chi connectivity index (χ1v) is 9.66. The maximum Gasteiger partial charge on any atom is 0.259 e. The first-order valence-electron chi connectivity index (χ1n) is 7.86. The molecular formula is C17H16N4O2S2. The molecule has 0 aromatic carbocycles. The lowest BCUT2D eigenvalue weighted by Gasteiger charge is -2.07. The van der Waals surface area contributed by atoms with Crippen LogP contribution in [0.5, 0.6) is 0 Å². The van der Waals surface area contributed by atoms with E-state index in [0.717, 1.165) is 28.4 Å². The predicted octanol–water partition coefficient (Wildman–Crippen LogP) is 3.71. The average molecular weight is 372 g/mol. The summed E-state index contributed by atoms with van der Waals surface area (Å²) < 4.78 is 5.35. The fourth-order valence-corrected chi connectivity index (χ4v) is 4.53. The maximum atomic E-state index is 12.8. The molecule has 4 heterocycles. The Balaban J connectivity index is 1.84. The predicted molar refractivity (Wildman–Crippen MR) is 102 cm³/mol. The van der Waals surface area contributed by atoms with E-state index in [-0.39, 0.29) is 5.91 Å². The van der Waals surface area contributed by atoms with Crippen molar-refractivity contribution in [2.75, 3.05) is 12.3 Å². The zero-order chi connectivity index (χ0) is 17.6. The van der Waals surface area contributed by atoms with Gasteiger partial charge in [0.05, 0.1) is 28.9 Å². The number of rotatable bonds is 2. The van der Waals surface area contributed by atoms with Crippen molar-refractivity contribution in [2.45, 2.75) is 20.8 Å². The van der Waals surface area contributed by atoms with Crippen LogP contribution in [0.2, 0.25) is 0 Å². The molecule has 0 bridgehead atoms. The van der Waals surface area contributed by atoms with Gasteiger partial charge in [-0.25, -0.2) is 4.98 Å². The largest absolute Gasteiger partial charge is 0.335 e. The second-order valence-electron chi connectivity index (χ2n) is 5.82. The van der Waals surface area contributed by atoms with Crippen molar-refractivity contribution in [2.24, 2.45) is 4.99 Å². The molecule has 0 fully saturated rings. The van der Waals surface area contributed by atoms with E-state index < -0.39 is 0 Å². The van der Waals surface area contributed by atoms with Gasteiger partial charge in [0, 0.05) is 21.1 Å². The van der Waals surface area contributed by atoms with E-state index in [4.69, 9.17) is 4.52 Å². The molecule has 25 heavy (non-hydrogen) atoms. The van der Waals surface area contributed by atoms with Gasteiger partial charge in [0.2, 0.25) is 0 Å². The monoisotopic (exact) mass is 372 g/mol. The number of aromatic nitrogens is 2. The fourth-order valence-electron chi connectivity index (χ4n) is 2.87. The standard InChI is InChI=1S/C17H16N4O2S2/c1-8-6-11(10(3)25-8)13-7-12(14-9(2)21-23-16(14)19-13)15(22)20-17-18-4-5-24-17/h6-7H,4-5H2,1-3H3,(H,18,20,22). The lowest BCUT2D eigenvalue weighted by Crippen LogP contribution is -2.27. The second-order valence-corrected chi connectivity index (χ2v) is 8.36. The first-order chi connectivity index (χ1) is 12.0. The average Bonchev–Trinajstić information content (AvgIpc) is 3.28. The number of hydrogen-bond donors (Lipinski definition) is 1. The normalized spacial score (nSPS) is 14.1. The minimum absolute atomic E-state index is 0.210. The number of amidine groups is 1. The zero-order valence-electron chi connectivity index (χ0n) is 14.0. The second kappa shape index (κ2) is 6.27. The van der Waals surface area contributed by atoms with Crippen LogP contribution >= 0.6 is 23.1 Å². The van der Waals surface area contributed by atoms with Gasteiger partial charge in [0.25, 0.3) is 11.6 Å². The number of carbonyl (C=O) groups excluding carboxylic acids is 1. The number of thioether (sulfide) groups is 1. The SMILES string of the molecule is Cc1cc(-c2cc(C(=O)NC3=NCCS3)c3c(C)noc3n2)c(C)s1. The number of thiophene rings is 1. The van der Waals surface area contributed by atoms with Crippen LogP contribution in [0, 0.1) is 20.8 Å². The number of carbonyl (C=O) groups is 1. The molecule has 6 nitrogen and oxygen atoms in total. The van der Waals surface area contributed by atoms with Crippen LogP contribution in [0.15, 0.2) is 21.6 Å². The van der Waals surface area contributed by atoms with Crippen LogP contribution in [-0.2, 0) is 0 Å². The molecule has 1 aliphatic rings. The van der Waals surface area contributed by atoms with Crippen molar-refractivity contribution in [1.29, 1.82) is 0 Å². The molecule has 3 aromatic rings. The van der Waals surface area contributed by atoms with Crippen molar-refractivity contribution in [1.82, 2.24) is 15.5 Å². The summed E-state index contributed by atoms with van der Waals surface area (Å²) in [4.78, 5) is 24.1. The van der Waals surface area contributed by atoms with Gasteiger partial charge in [-0.15, -0.1) is 11.3 Å². The van der Waals surface area contributed by atoms with Gasteiger partial charge in [0.15, 0.2) is 5.17 Å². The number of pyridine rings is 1. The summed E-state index contributed by atoms with van der Waals surface area (Å²) in [6, 6.07) is 3.90. The molecule has 1 N–H and O–H groups in total. The number of nitrogens with zero attached hydrogens (tertiary/aromatic N) is 3. The molecule has 1 amide bonds. The number of nitrogens with one attached hydrogen (secondary N) is 1. The molecule has 0 atom stereocenters. The van der Waals surface area contributed by atoms with E-state index in [0.29, 0.717) is 27.5 Å². The van der Waals surface area contributed by atoms with Crippen LogP contribution in [0.4, 0.5) is 0 Å². The van der Waals surface area contributed by atoms with Crippen LogP contribution in [0.1, 0.15) is 25.8 Å². The molecular weight excluding hydrogens is 356 g/mol. The number of fused-ring (bicyclic) bond motifs is 1. The van der Waals surface area contributed by atoms with Crippen molar-refractivity contribution in [3.8, 4) is 11.3 Å². The van der Waals surface area contributed by atoms with Crippen molar-refractivity contribution < 1.29 is 9.32 Å². The third-order valence-corrected chi connectivity index (χ3v) is 5.84. The Labute approximate surface area is 152 Å². The summed E-state index contributed by atoms with van der Waals surface area (Å²) >= 11 is 3.25. The maximum absolute atomic E-state index is 12.8. The van der Waals surface area contributed by atoms with Crippen LogP contribution in [0.25, 0.3) is 22.4 Å². The summed E-state index contributed by atoms with van der Waals surface area (Å²) in [5.41, 5.74) is 3.27. The molecule has 0 aliphatic carbocycles. The first kappa shape index (κ1) is 16.3. The molecule has 128 valence electrons. The highest BCUT2D eigenvalue weighted by Crippen LogP contribution is 2.32. The highest BCUT2D eigenvalue weighted by Gasteiger charge is 2.22. The summed E-state index contributed by atoms with van der Waals surface area (Å²) in [5.74, 6) is 0.685. The van der Waals surface area contributed by atoms with Gasteiger partial charge >= 0.3 is 0 Å². The highest BCUT2D eigenvalue weighted by atomic mass is 32.2. The molecule has 8 heteroatoms. The fraction of sp³-hybridized carbons (Fsp3) is 0.294. The minimum Gasteiger partial charge on any atom is -0.335 e. The van der Waals surface area contributed by atoms with Crippen LogP contribution < -0.4 is 5.32 Å². The van der Waals surface area contributed by atoms with E-state index >= 15 is 0 Å². The minimum atomic E-state index is -0.210. The topological polar surface area (TPSA) is 80.4 Å². The van der Waals surface area contributed by atoms with E-state index in [1.54, 1.807) is 23.1 Å². The molecule has 0 saturated heterocycles. The third kappa shape index (κ3) is 2.96. The van der Waals surface area contributed by atoms with Crippen LogP contribution in [-0.4, -0.2) is 33.5 Å². The van der Waals surface area contributed by atoms with Gasteiger partial charge in [-0.1, -0.05) is 16.9 Å². The van der Waals surface area contributed by atoms with Gasteiger partial charge in [-0.05, 0) is 32.9 Å². The lowest BCUT2D eigenvalue weighted by molar-refractivity contribution is 0.0979. The van der Waals surface area contributed by atoms with Gasteiger partial charge in [-0.3, -0.25) is 9.79 Å². The van der Waals surface area contributed by atoms with Gasteiger partial charge < -0.3 is 9.84 Å². The number of amides is 1.